The third-order valence-electron chi connectivity index (χ3n) is 4.68. The van der Waals surface area contributed by atoms with E-state index in [-0.39, 0.29) is 11.9 Å². The zero-order chi connectivity index (χ0) is 17.4. The monoisotopic (exact) mass is 336 g/mol. The van der Waals surface area contributed by atoms with Gasteiger partial charge in [0.2, 0.25) is 11.9 Å². The second kappa shape index (κ2) is 6.16. The molecular formula is C18H20N6O. The average molecular weight is 336 g/mol. The van der Waals surface area contributed by atoms with Crippen LogP contribution in [0.1, 0.15) is 13.8 Å². The number of hydrogen-bond donors (Lipinski definition) is 1. The van der Waals surface area contributed by atoms with Gasteiger partial charge in [0.05, 0.1) is 5.69 Å². The maximum atomic E-state index is 11.7. The molecule has 3 aromatic rings. The van der Waals surface area contributed by atoms with Crippen molar-refractivity contribution in [1.29, 1.82) is 0 Å². The predicted octanol–water partition coefficient (Wildman–Crippen LogP) is 2.08. The van der Waals surface area contributed by atoms with E-state index in [1.54, 1.807) is 19.3 Å². The molecule has 0 aromatic carbocycles. The number of nitrogens with one attached hydrogen (secondary N) is 1. The summed E-state index contributed by atoms with van der Waals surface area (Å²) in [6.45, 7) is 5.85. The Kier molecular flexibility index (Phi) is 3.83. The number of H-pyrrole nitrogens is 1. The fraction of sp³-hybridized carbons (Fsp3) is 0.333. The molecular weight excluding hydrogens is 316 g/mol. The van der Waals surface area contributed by atoms with Crippen LogP contribution in [0, 0.1) is 0 Å². The molecule has 1 saturated heterocycles. The number of carbonyl (C=O) groups is 1. The van der Waals surface area contributed by atoms with Gasteiger partial charge in [-0.15, -0.1) is 0 Å². The highest BCUT2D eigenvalue weighted by Gasteiger charge is 2.26. The third-order valence-corrected chi connectivity index (χ3v) is 4.68. The van der Waals surface area contributed by atoms with Crippen LogP contribution in [0.15, 0.2) is 36.8 Å². The summed E-state index contributed by atoms with van der Waals surface area (Å²) in [7, 11) is 0. The van der Waals surface area contributed by atoms with Crippen molar-refractivity contribution in [3.05, 3.63) is 36.8 Å². The van der Waals surface area contributed by atoms with Crippen LogP contribution in [0.3, 0.4) is 0 Å². The molecule has 4 rings (SSSR count). The number of aromatic nitrogens is 4. The van der Waals surface area contributed by atoms with Gasteiger partial charge in [0.15, 0.2) is 0 Å². The van der Waals surface area contributed by atoms with E-state index in [0.29, 0.717) is 12.5 Å². The number of rotatable bonds is 2. The maximum absolute atomic E-state index is 11.7. The molecule has 1 aliphatic heterocycles. The van der Waals surface area contributed by atoms with Gasteiger partial charge >= 0.3 is 0 Å². The van der Waals surface area contributed by atoms with E-state index in [9.17, 15) is 4.79 Å². The number of anilines is 1. The molecule has 4 heterocycles. The van der Waals surface area contributed by atoms with Crippen molar-refractivity contribution in [3.63, 3.8) is 0 Å². The molecule has 0 spiro atoms. The molecule has 0 unspecified atom stereocenters. The van der Waals surface area contributed by atoms with Gasteiger partial charge < -0.3 is 14.8 Å². The Hall–Kier alpha value is -2.96. The SMILES string of the molecule is CC(=O)N1CCN(c2nccc(-c3c[nH]c4ncccc34)n2)C[C@@H]1C. The smallest absolute Gasteiger partial charge is 0.225 e. The lowest BCUT2D eigenvalue weighted by atomic mass is 10.1. The minimum Gasteiger partial charge on any atom is -0.345 e. The largest absolute Gasteiger partial charge is 0.345 e. The third kappa shape index (κ3) is 2.82. The minimum atomic E-state index is 0.119. The van der Waals surface area contributed by atoms with Crippen molar-refractivity contribution in [3.8, 4) is 11.3 Å². The van der Waals surface area contributed by atoms with E-state index in [1.165, 1.54) is 0 Å². The first-order valence-corrected chi connectivity index (χ1v) is 8.41. The molecule has 1 aliphatic rings. The van der Waals surface area contributed by atoms with Gasteiger partial charge in [-0.05, 0) is 25.1 Å². The van der Waals surface area contributed by atoms with E-state index in [0.717, 1.165) is 35.4 Å². The summed E-state index contributed by atoms with van der Waals surface area (Å²) in [4.78, 5) is 32.4. The van der Waals surface area contributed by atoms with Crippen LogP contribution in [0.4, 0.5) is 5.95 Å². The Bertz CT molecular complexity index is 921. The van der Waals surface area contributed by atoms with Crippen molar-refractivity contribution in [2.24, 2.45) is 0 Å². The normalized spacial score (nSPS) is 17.9. The average Bonchev–Trinajstić information content (AvgIpc) is 3.05. The van der Waals surface area contributed by atoms with Crippen LogP contribution in [0.5, 0.6) is 0 Å². The van der Waals surface area contributed by atoms with Crippen LogP contribution in [-0.4, -0.2) is 56.4 Å². The number of nitrogens with zero attached hydrogens (tertiary/aromatic N) is 5. The van der Waals surface area contributed by atoms with Gasteiger partial charge in [0.1, 0.15) is 5.65 Å². The Morgan fingerprint density at radius 3 is 2.92 bits per heavy atom. The van der Waals surface area contributed by atoms with Gasteiger partial charge in [-0.1, -0.05) is 0 Å². The predicted molar refractivity (Wildman–Crippen MR) is 96.2 cm³/mol. The quantitative estimate of drug-likeness (QED) is 0.775. The van der Waals surface area contributed by atoms with Gasteiger partial charge in [-0.3, -0.25) is 4.79 Å². The molecule has 1 atom stereocenters. The number of carbonyl (C=O) groups excluding carboxylic acids is 1. The minimum absolute atomic E-state index is 0.119. The van der Waals surface area contributed by atoms with Gasteiger partial charge in [-0.25, -0.2) is 15.0 Å². The molecule has 1 N–H and O–H groups in total. The van der Waals surface area contributed by atoms with Gasteiger partial charge in [0.25, 0.3) is 0 Å². The molecule has 25 heavy (non-hydrogen) atoms. The Labute approximate surface area is 145 Å². The van der Waals surface area contributed by atoms with E-state index in [1.807, 2.05) is 29.3 Å². The number of hydrogen-bond acceptors (Lipinski definition) is 5. The lowest BCUT2D eigenvalue weighted by Crippen LogP contribution is -2.53. The zero-order valence-corrected chi connectivity index (χ0v) is 14.3. The number of fused-ring (bicyclic) bond motifs is 1. The van der Waals surface area contributed by atoms with Crippen LogP contribution in [-0.2, 0) is 4.79 Å². The number of pyridine rings is 1. The second-order valence-electron chi connectivity index (χ2n) is 6.35. The summed E-state index contributed by atoms with van der Waals surface area (Å²) in [5.74, 6) is 0.818. The fourth-order valence-electron chi connectivity index (χ4n) is 3.43. The summed E-state index contributed by atoms with van der Waals surface area (Å²) in [5.41, 5.74) is 2.73. The van der Waals surface area contributed by atoms with Gasteiger partial charge in [-0.2, -0.15) is 0 Å². The van der Waals surface area contributed by atoms with Crippen molar-refractivity contribution in [1.82, 2.24) is 24.8 Å². The molecule has 0 saturated carbocycles. The van der Waals surface area contributed by atoms with E-state index >= 15 is 0 Å². The number of amides is 1. The molecule has 128 valence electrons. The zero-order valence-electron chi connectivity index (χ0n) is 14.3. The second-order valence-corrected chi connectivity index (χ2v) is 6.35. The topological polar surface area (TPSA) is 78.0 Å². The summed E-state index contributed by atoms with van der Waals surface area (Å²) in [5, 5.41) is 1.04. The van der Waals surface area contributed by atoms with Crippen molar-refractivity contribution in [2.75, 3.05) is 24.5 Å². The molecule has 7 nitrogen and oxygen atoms in total. The van der Waals surface area contributed by atoms with Crippen molar-refractivity contribution in [2.45, 2.75) is 19.9 Å². The summed E-state index contributed by atoms with van der Waals surface area (Å²) < 4.78 is 0. The van der Waals surface area contributed by atoms with E-state index < -0.39 is 0 Å². The first-order chi connectivity index (χ1) is 12.1. The fourth-order valence-corrected chi connectivity index (χ4v) is 3.43. The van der Waals surface area contributed by atoms with Crippen LogP contribution < -0.4 is 4.90 Å². The molecule has 0 bridgehead atoms. The highest BCUT2D eigenvalue weighted by molar-refractivity contribution is 5.92. The Morgan fingerprint density at radius 1 is 1.24 bits per heavy atom. The molecule has 0 radical (unpaired) electrons. The van der Waals surface area contributed by atoms with Crippen molar-refractivity contribution >= 4 is 22.9 Å². The highest BCUT2D eigenvalue weighted by Crippen LogP contribution is 2.27. The molecule has 7 heteroatoms. The lowest BCUT2D eigenvalue weighted by Gasteiger charge is -2.39. The molecule has 1 amide bonds. The number of piperazine rings is 1. The molecule has 3 aromatic heterocycles. The summed E-state index contributed by atoms with van der Waals surface area (Å²) in [6.07, 6.45) is 5.49. The first kappa shape index (κ1) is 15.6. The Balaban J connectivity index is 1.63. The molecule has 1 fully saturated rings. The standard InChI is InChI=1S/C18H20N6O/c1-12-11-23(8-9-24(12)13(2)25)18-20-7-5-16(22-18)15-10-21-17-14(15)4-3-6-19-17/h3-7,10,12H,8-9,11H2,1-2H3,(H,19,21)/t12-/m0/s1. The van der Waals surface area contributed by atoms with Crippen LogP contribution in [0.2, 0.25) is 0 Å². The molecule has 0 aliphatic carbocycles. The van der Waals surface area contributed by atoms with E-state index in [4.69, 9.17) is 4.98 Å². The van der Waals surface area contributed by atoms with E-state index in [2.05, 4.69) is 26.8 Å². The summed E-state index contributed by atoms with van der Waals surface area (Å²) >= 11 is 0. The maximum Gasteiger partial charge on any atom is 0.225 e. The Morgan fingerprint density at radius 2 is 2.12 bits per heavy atom. The van der Waals surface area contributed by atoms with Crippen LogP contribution in [0.25, 0.3) is 22.3 Å². The van der Waals surface area contributed by atoms with Crippen LogP contribution >= 0.6 is 0 Å². The number of aromatic amines is 1. The first-order valence-electron chi connectivity index (χ1n) is 8.41. The highest BCUT2D eigenvalue weighted by atomic mass is 16.2. The lowest BCUT2D eigenvalue weighted by molar-refractivity contribution is -0.131. The van der Waals surface area contributed by atoms with Crippen molar-refractivity contribution < 1.29 is 4.79 Å². The summed E-state index contributed by atoms with van der Waals surface area (Å²) in [6, 6.07) is 6.01. The van der Waals surface area contributed by atoms with Gasteiger partial charge in [0, 0.05) is 62.1 Å².